The van der Waals surface area contributed by atoms with Crippen molar-refractivity contribution in [2.75, 3.05) is 18.1 Å². The Morgan fingerprint density at radius 2 is 2.00 bits per heavy atom. The maximum atomic E-state index is 12.9. The molecule has 100 valence electrons. The SMILES string of the molecule is Cl.O=C(NC1CCSCC1)C1CC(F)(F)CN1. The van der Waals surface area contributed by atoms with E-state index in [0.29, 0.717) is 0 Å². The topological polar surface area (TPSA) is 41.1 Å². The summed E-state index contributed by atoms with van der Waals surface area (Å²) in [4.78, 5) is 11.7. The normalized spacial score (nSPS) is 28.5. The zero-order valence-corrected chi connectivity index (χ0v) is 11.0. The minimum Gasteiger partial charge on any atom is -0.352 e. The molecule has 0 aromatic carbocycles. The van der Waals surface area contributed by atoms with Gasteiger partial charge in [-0.25, -0.2) is 8.78 Å². The van der Waals surface area contributed by atoms with E-state index in [1.807, 2.05) is 11.8 Å². The van der Waals surface area contributed by atoms with Gasteiger partial charge in [0.25, 0.3) is 5.92 Å². The van der Waals surface area contributed by atoms with E-state index in [1.54, 1.807) is 0 Å². The third kappa shape index (κ3) is 4.26. The molecule has 2 aliphatic heterocycles. The quantitative estimate of drug-likeness (QED) is 0.807. The average Bonchev–Trinajstić information content (AvgIpc) is 2.60. The highest BCUT2D eigenvalue weighted by Gasteiger charge is 2.42. The smallest absolute Gasteiger partial charge is 0.262 e. The largest absolute Gasteiger partial charge is 0.352 e. The zero-order valence-electron chi connectivity index (χ0n) is 9.38. The Morgan fingerprint density at radius 3 is 2.53 bits per heavy atom. The van der Waals surface area contributed by atoms with Crippen LogP contribution in [0.15, 0.2) is 0 Å². The van der Waals surface area contributed by atoms with Gasteiger partial charge in [0, 0.05) is 12.5 Å². The van der Waals surface area contributed by atoms with Crippen molar-refractivity contribution in [3.05, 3.63) is 0 Å². The van der Waals surface area contributed by atoms with E-state index < -0.39 is 12.0 Å². The Hall–Kier alpha value is -0.0700. The Balaban J connectivity index is 0.00000144. The van der Waals surface area contributed by atoms with Crippen molar-refractivity contribution in [3.63, 3.8) is 0 Å². The fourth-order valence-electron chi connectivity index (χ4n) is 2.04. The molecule has 0 radical (unpaired) electrons. The molecule has 2 saturated heterocycles. The summed E-state index contributed by atoms with van der Waals surface area (Å²) < 4.78 is 25.8. The second-order valence-corrected chi connectivity index (χ2v) is 5.61. The van der Waals surface area contributed by atoms with Crippen LogP contribution >= 0.6 is 24.2 Å². The van der Waals surface area contributed by atoms with Crippen LogP contribution < -0.4 is 10.6 Å². The van der Waals surface area contributed by atoms with Crippen LogP contribution in [0.4, 0.5) is 8.78 Å². The molecule has 1 amide bonds. The van der Waals surface area contributed by atoms with E-state index in [0.717, 1.165) is 24.3 Å². The Bertz CT molecular complexity index is 275. The summed E-state index contributed by atoms with van der Waals surface area (Å²) in [5.74, 6) is -0.919. The molecule has 2 fully saturated rings. The molecule has 0 aromatic heterocycles. The van der Waals surface area contributed by atoms with Crippen LogP contribution in [0.25, 0.3) is 0 Å². The lowest BCUT2D eigenvalue weighted by Gasteiger charge is -2.24. The predicted molar refractivity (Wildman–Crippen MR) is 67.1 cm³/mol. The second-order valence-electron chi connectivity index (χ2n) is 4.39. The highest BCUT2D eigenvalue weighted by molar-refractivity contribution is 7.99. The van der Waals surface area contributed by atoms with Gasteiger partial charge in [-0.15, -0.1) is 12.4 Å². The first-order valence-corrected chi connectivity index (χ1v) is 6.72. The Labute approximate surface area is 110 Å². The number of thioether (sulfide) groups is 1. The molecule has 0 spiro atoms. The summed E-state index contributed by atoms with van der Waals surface area (Å²) >= 11 is 1.87. The molecule has 2 aliphatic rings. The van der Waals surface area contributed by atoms with Crippen molar-refractivity contribution in [1.29, 1.82) is 0 Å². The first-order chi connectivity index (χ1) is 7.57. The first-order valence-electron chi connectivity index (χ1n) is 5.56. The van der Waals surface area contributed by atoms with Gasteiger partial charge in [-0.3, -0.25) is 10.1 Å². The number of hydrogen-bond donors (Lipinski definition) is 2. The molecular formula is C10H17ClF2N2OS. The van der Waals surface area contributed by atoms with E-state index in [2.05, 4.69) is 10.6 Å². The van der Waals surface area contributed by atoms with Crippen molar-refractivity contribution < 1.29 is 13.6 Å². The number of halogens is 3. The third-order valence-corrected chi connectivity index (χ3v) is 4.04. The summed E-state index contributed by atoms with van der Waals surface area (Å²) in [7, 11) is 0. The number of nitrogens with one attached hydrogen (secondary N) is 2. The number of alkyl halides is 2. The standard InChI is InChI=1S/C10H16F2N2OS.ClH/c11-10(12)5-8(13-6-10)9(15)14-7-1-3-16-4-2-7;/h7-8,13H,1-6H2,(H,14,15);1H. The van der Waals surface area contributed by atoms with Gasteiger partial charge in [-0.2, -0.15) is 11.8 Å². The molecular weight excluding hydrogens is 270 g/mol. The lowest BCUT2D eigenvalue weighted by atomic mass is 10.1. The van der Waals surface area contributed by atoms with Crippen molar-refractivity contribution >= 4 is 30.1 Å². The monoisotopic (exact) mass is 286 g/mol. The van der Waals surface area contributed by atoms with Gasteiger partial charge in [0.2, 0.25) is 5.91 Å². The van der Waals surface area contributed by atoms with Crippen molar-refractivity contribution in [1.82, 2.24) is 10.6 Å². The minimum atomic E-state index is -2.73. The van der Waals surface area contributed by atoms with Crippen LogP contribution in [-0.4, -0.2) is 42.0 Å². The molecule has 3 nitrogen and oxygen atoms in total. The van der Waals surface area contributed by atoms with Crippen LogP contribution in [-0.2, 0) is 4.79 Å². The number of carbonyl (C=O) groups excluding carboxylic acids is 1. The molecule has 1 atom stereocenters. The molecule has 2 rings (SSSR count). The Morgan fingerprint density at radius 1 is 1.35 bits per heavy atom. The molecule has 1 unspecified atom stereocenters. The molecule has 0 bridgehead atoms. The summed E-state index contributed by atoms with van der Waals surface area (Å²) in [6.07, 6.45) is 1.51. The summed E-state index contributed by atoms with van der Waals surface area (Å²) in [5.41, 5.74) is 0. The van der Waals surface area contributed by atoms with Crippen LogP contribution in [0.1, 0.15) is 19.3 Å². The maximum absolute atomic E-state index is 12.9. The van der Waals surface area contributed by atoms with Gasteiger partial charge >= 0.3 is 0 Å². The number of hydrogen-bond acceptors (Lipinski definition) is 3. The zero-order chi connectivity index (χ0) is 11.6. The molecule has 0 saturated carbocycles. The van der Waals surface area contributed by atoms with E-state index in [-0.39, 0.29) is 37.3 Å². The molecule has 17 heavy (non-hydrogen) atoms. The highest BCUT2D eigenvalue weighted by atomic mass is 35.5. The molecule has 7 heteroatoms. The van der Waals surface area contributed by atoms with Gasteiger partial charge in [-0.05, 0) is 24.3 Å². The average molecular weight is 287 g/mol. The minimum absolute atomic E-state index is 0. The summed E-state index contributed by atoms with van der Waals surface area (Å²) in [6.45, 7) is -0.383. The van der Waals surface area contributed by atoms with Crippen LogP contribution in [0.3, 0.4) is 0 Å². The lowest BCUT2D eigenvalue weighted by molar-refractivity contribution is -0.124. The first kappa shape index (κ1) is 15.0. The van der Waals surface area contributed by atoms with Gasteiger partial charge in [-0.1, -0.05) is 0 Å². The predicted octanol–water partition coefficient (Wildman–Crippen LogP) is 1.42. The van der Waals surface area contributed by atoms with E-state index >= 15 is 0 Å². The van der Waals surface area contributed by atoms with Gasteiger partial charge < -0.3 is 5.32 Å². The molecule has 2 heterocycles. The Kier molecular flexibility index (Phi) is 5.47. The van der Waals surface area contributed by atoms with E-state index in [1.165, 1.54) is 0 Å². The number of carbonyl (C=O) groups is 1. The van der Waals surface area contributed by atoms with E-state index in [4.69, 9.17) is 0 Å². The van der Waals surface area contributed by atoms with Crippen LogP contribution in [0, 0.1) is 0 Å². The van der Waals surface area contributed by atoms with Crippen molar-refractivity contribution in [2.24, 2.45) is 0 Å². The van der Waals surface area contributed by atoms with Gasteiger partial charge in [0.15, 0.2) is 0 Å². The van der Waals surface area contributed by atoms with Gasteiger partial charge in [0.1, 0.15) is 0 Å². The highest BCUT2D eigenvalue weighted by Crippen LogP contribution is 2.25. The summed E-state index contributed by atoms with van der Waals surface area (Å²) in [5, 5.41) is 5.42. The molecule has 0 aromatic rings. The fraction of sp³-hybridized carbons (Fsp3) is 0.900. The second kappa shape index (κ2) is 6.20. The number of amides is 1. The number of rotatable bonds is 2. The summed E-state index contributed by atoms with van der Waals surface area (Å²) in [6, 6.07) is -0.547. The van der Waals surface area contributed by atoms with E-state index in [9.17, 15) is 13.6 Å². The third-order valence-electron chi connectivity index (χ3n) is 2.99. The van der Waals surface area contributed by atoms with Crippen LogP contribution in [0.5, 0.6) is 0 Å². The fourth-order valence-corrected chi connectivity index (χ4v) is 3.15. The lowest BCUT2D eigenvalue weighted by Crippen LogP contribution is -2.46. The molecule has 2 N–H and O–H groups in total. The maximum Gasteiger partial charge on any atom is 0.262 e. The van der Waals surface area contributed by atoms with Gasteiger partial charge in [0.05, 0.1) is 12.6 Å². The van der Waals surface area contributed by atoms with Crippen LogP contribution in [0.2, 0.25) is 0 Å². The van der Waals surface area contributed by atoms with Crippen molar-refractivity contribution in [2.45, 2.75) is 37.3 Å². The molecule has 0 aliphatic carbocycles. The van der Waals surface area contributed by atoms with Crippen molar-refractivity contribution in [3.8, 4) is 0 Å².